The first-order valence-corrected chi connectivity index (χ1v) is 9.95. The van der Waals surface area contributed by atoms with E-state index < -0.39 is 0 Å². The molecule has 2 aromatic rings. The predicted molar refractivity (Wildman–Crippen MR) is 112 cm³/mol. The number of carbonyl (C=O) groups excluding carboxylic acids is 1. The molecule has 0 aliphatic carbocycles. The average molecular weight is 405 g/mol. The monoisotopic (exact) mass is 404 g/mol. The summed E-state index contributed by atoms with van der Waals surface area (Å²) in [6, 6.07) is 12.9. The zero-order valence-corrected chi connectivity index (χ0v) is 17.1. The molecule has 150 valence electrons. The molecule has 0 radical (unpaired) electrons. The summed E-state index contributed by atoms with van der Waals surface area (Å²) < 4.78 is 11.2. The van der Waals surface area contributed by atoms with E-state index >= 15 is 0 Å². The van der Waals surface area contributed by atoms with E-state index in [1.54, 1.807) is 12.1 Å². The number of amides is 1. The molecule has 1 saturated heterocycles. The van der Waals surface area contributed by atoms with Crippen LogP contribution in [0, 0.1) is 0 Å². The Balaban J connectivity index is 1.66. The maximum atomic E-state index is 12.5. The van der Waals surface area contributed by atoms with Crippen molar-refractivity contribution >= 4 is 28.9 Å². The molecule has 28 heavy (non-hydrogen) atoms. The van der Waals surface area contributed by atoms with Crippen LogP contribution in [0.5, 0.6) is 11.5 Å². The second-order valence-electron chi connectivity index (χ2n) is 6.82. The topological polar surface area (TPSA) is 55.2 Å². The molecule has 7 heteroatoms. The van der Waals surface area contributed by atoms with E-state index in [2.05, 4.69) is 17.3 Å². The summed E-state index contributed by atoms with van der Waals surface area (Å²) in [4.78, 5) is 16.3. The van der Waals surface area contributed by atoms with Crippen LogP contribution in [-0.2, 0) is 4.79 Å². The highest BCUT2D eigenvalue weighted by Gasteiger charge is 2.20. The summed E-state index contributed by atoms with van der Waals surface area (Å²) in [5.74, 6) is 0.934. The molecule has 0 bridgehead atoms. The molecule has 0 unspecified atom stereocenters. The first-order valence-electron chi connectivity index (χ1n) is 9.57. The fourth-order valence-electron chi connectivity index (χ4n) is 3.19. The van der Waals surface area contributed by atoms with Crippen LogP contribution in [0.15, 0.2) is 42.5 Å². The lowest BCUT2D eigenvalue weighted by atomic mass is 10.2. The lowest BCUT2D eigenvalue weighted by molar-refractivity contribution is -0.880. The first kappa shape index (κ1) is 20.3. The van der Waals surface area contributed by atoms with Crippen LogP contribution in [0.4, 0.5) is 11.4 Å². The minimum atomic E-state index is -0.241. The normalized spacial score (nSPS) is 14.6. The number of quaternary nitrogens is 1. The van der Waals surface area contributed by atoms with Gasteiger partial charge in [0, 0.05) is 5.02 Å². The van der Waals surface area contributed by atoms with E-state index in [1.165, 1.54) is 4.90 Å². The predicted octanol–water partition coefficient (Wildman–Crippen LogP) is 2.09. The molecule has 1 aliphatic heterocycles. The fraction of sp³-hybridized carbons (Fsp3) is 0.381. The number of ether oxygens (including phenoxy) is 2. The molecule has 0 spiro atoms. The molecule has 0 aromatic heterocycles. The van der Waals surface area contributed by atoms with E-state index in [9.17, 15) is 4.79 Å². The Morgan fingerprint density at radius 3 is 2.50 bits per heavy atom. The standard InChI is InChI=1S/C21H26ClN3O3/c1-3-27-19-6-4-5-7-20(19)28-15-21(26)23-17-14-16(22)8-9-18(17)25-12-10-24(2)11-13-25/h4-9,14H,3,10-13,15H2,1-2H3,(H,23,26)/p+1. The Labute approximate surface area is 171 Å². The molecule has 3 rings (SSSR count). The molecule has 1 amide bonds. The van der Waals surface area contributed by atoms with E-state index in [4.69, 9.17) is 21.1 Å². The molecule has 1 fully saturated rings. The quantitative estimate of drug-likeness (QED) is 0.742. The summed E-state index contributed by atoms with van der Waals surface area (Å²) in [6.07, 6.45) is 0. The molecular formula is C21H27ClN3O3+. The van der Waals surface area contributed by atoms with Crippen molar-refractivity contribution in [3.63, 3.8) is 0 Å². The number of rotatable bonds is 7. The maximum Gasteiger partial charge on any atom is 0.262 e. The van der Waals surface area contributed by atoms with E-state index in [0.29, 0.717) is 28.8 Å². The van der Waals surface area contributed by atoms with Gasteiger partial charge in [0.2, 0.25) is 0 Å². The number of likely N-dealkylation sites (N-methyl/N-ethyl adjacent to an activating group) is 1. The van der Waals surface area contributed by atoms with Crippen molar-refractivity contribution in [2.75, 3.05) is 56.7 Å². The van der Waals surface area contributed by atoms with Crippen molar-refractivity contribution in [3.05, 3.63) is 47.5 Å². The van der Waals surface area contributed by atoms with E-state index in [0.717, 1.165) is 31.9 Å². The number of piperazine rings is 1. The largest absolute Gasteiger partial charge is 0.490 e. The van der Waals surface area contributed by atoms with Gasteiger partial charge in [0.05, 0.1) is 51.2 Å². The Kier molecular flexibility index (Phi) is 7.01. The Bertz CT molecular complexity index is 807. The van der Waals surface area contributed by atoms with Crippen molar-refractivity contribution in [3.8, 4) is 11.5 Å². The van der Waals surface area contributed by atoms with Crippen molar-refractivity contribution < 1.29 is 19.2 Å². The Morgan fingerprint density at radius 1 is 1.14 bits per heavy atom. The average Bonchev–Trinajstić information content (AvgIpc) is 2.69. The molecule has 0 atom stereocenters. The first-order chi connectivity index (χ1) is 13.6. The molecule has 1 heterocycles. The van der Waals surface area contributed by atoms with Crippen molar-refractivity contribution in [2.45, 2.75) is 6.92 Å². The van der Waals surface area contributed by atoms with Crippen molar-refractivity contribution in [1.82, 2.24) is 0 Å². The van der Waals surface area contributed by atoms with Gasteiger partial charge in [0.15, 0.2) is 18.1 Å². The summed E-state index contributed by atoms with van der Waals surface area (Å²) in [5.41, 5.74) is 1.69. The summed E-state index contributed by atoms with van der Waals surface area (Å²) in [7, 11) is 2.19. The van der Waals surface area contributed by atoms with Gasteiger partial charge >= 0.3 is 0 Å². The van der Waals surface area contributed by atoms with Crippen molar-refractivity contribution in [1.29, 1.82) is 0 Å². The number of nitrogens with zero attached hydrogens (tertiary/aromatic N) is 1. The van der Waals surface area contributed by atoms with Crippen LogP contribution < -0.4 is 24.6 Å². The minimum absolute atomic E-state index is 0.108. The van der Waals surface area contributed by atoms with Crippen LogP contribution in [0.2, 0.25) is 5.02 Å². The highest BCUT2D eigenvalue weighted by Crippen LogP contribution is 2.30. The Morgan fingerprint density at radius 2 is 1.82 bits per heavy atom. The lowest BCUT2D eigenvalue weighted by Gasteiger charge is -2.33. The second kappa shape index (κ2) is 9.66. The number of hydrogen-bond acceptors (Lipinski definition) is 4. The number of halogens is 1. The Hall–Kier alpha value is -2.44. The minimum Gasteiger partial charge on any atom is -0.490 e. The third kappa shape index (κ3) is 5.30. The van der Waals surface area contributed by atoms with E-state index in [1.807, 2.05) is 37.3 Å². The van der Waals surface area contributed by atoms with Gasteiger partial charge < -0.3 is 24.6 Å². The summed E-state index contributed by atoms with van der Waals surface area (Å²) in [5, 5.41) is 3.53. The van der Waals surface area contributed by atoms with Gasteiger partial charge in [-0.2, -0.15) is 0 Å². The van der Waals surface area contributed by atoms with Crippen LogP contribution in [-0.4, -0.2) is 52.3 Å². The number of hydrogen-bond donors (Lipinski definition) is 2. The van der Waals surface area contributed by atoms with Gasteiger partial charge in [-0.3, -0.25) is 4.79 Å². The zero-order chi connectivity index (χ0) is 19.9. The summed E-state index contributed by atoms with van der Waals surface area (Å²) in [6.45, 7) is 6.34. The summed E-state index contributed by atoms with van der Waals surface area (Å²) >= 11 is 6.17. The van der Waals surface area contributed by atoms with Crippen LogP contribution in [0.1, 0.15) is 6.92 Å². The second-order valence-corrected chi connectivity index (χ2v) is 7.26. The van der Waals surface area contributed by atoms with Gasteiger partial charge in [-0.15, -0.1) is 0 Å². The number of nitrogens with one attached hydrogen (secondary N) is 2. The van der Waals surface area contributed by atoms with Crippen LogP contribution in [0.3, 0.4) is 0 Å². The highest BCUT2D eigenvalue weighted by atomic mass is 35.5. The number of carbonyl (C=O) groups is 1. The van der Waals surface area contributed by atoms with E-state index in [-0.39, 0.29) is 12.5 Å². The lowest BCUT2D eigenvalue weighted by Crippen LogP contribution is -3.12. The van der Waals surface area contributed by atoms with Gasteiger partial charge in [-0.1, -0.05) is 23.7 Å². The molecule has 0 saturated carbocycles. The number of anilines is 2. The van der Waals surface area contributed by atoms with Crippen LogP contribution in [0.25, 0.3) is 0 Å². The number of para-hydroxylation sites is 2. The van der Waals surface area contributed by atoms with Crippen LogP contribution >= 0.6 is 11.6 Å². The maximum absolute atomic E-state index is 12.5. The number of benzene rings is 2. The SMILES string of the molecule is CCOc1ccccc1OCC(=O)Nc1cc(Cl)ccc1N1CC[NH+](C)CC1. The van der Waals surface area contributed by atoms with Gasteiger partial charge in [-0.05, 0) is 37.3 Å². The third-order valence-electron chi connectivity index (χ3n) is 4.70. The smallest absolute Gasteiger partial charge is 0.262 e. The van der Waals surface area contributed by atoms with Crippen molar-refractivity contribution in [2.24, 2.45) is 0 Å². The van der Waals surface area contributed by atoms with Gasteiger partial charge in [0.25, 0.3) is 5.91 Å². The fourth-order valence-corrected chi connectivity index (χ4v) is 3.36. The highest BCUT2D eigenvalue weighted by molar-refractivity contribution is 6.31. The van der Waals surface area contributed by atoms with Gasteiger partial charge in [-0.25, -0.2) is 0 Å². The zero-order valence-electron chi connectivity index (χ0n) is 16.3. The molecule has 2 N–H and O–H groups in total. The molecule has 6 nitrogen and oxygen atoms in total. The molecule has 2 aromatic carbocycles. The van der Waals surface area contributed by atoms with Gasteiger partial charge in [0.1, 0.15) is 0 Å². The third-order valence-corrected chi connectivity index (χ3v) is 4.93. The molecule has 1 aliphatic rings. The molecular weight excluding hydrogens is 378 g/mol.